The number of sulfonamides is 1. The molecule has 0 aliphatic rings. The Bertz CT molecular complexity index is 1260. The third-order valence-electron chi connectivity index (χ3n) is 4.84. The summed E-state index contributed by atoms with van der Waals surface area (Å²) in [6.07, 6.45) is -4.56. The van der Waals surface area contributed by atoms with Crippen LogP contribution in [0.2, 0.25) is 0 Å². The zero-order valence-corrected chi connectivity index (χ0v) is 18.5. The minimum absolute atomic E-state index is 0.0198. The molecular formula is C23H21F3N2O4S. The van der Waals surface area contributed by atoms with Crippen LogP contribution in [-0.2, 0) is 22.7 Å². The van der Waals surface area contributed by atoms with Gasteiger partial charge >= 0.3 is 6.18 Å². The summed E-state index contributed by atoms with van der Waals surface area (Å²) >= 11 is 0. The van der Waals surface area contributed by atoms with Crippen LogP contribution in [-0.4, -0.2) is 21.4 Å². The molecule has 10 heteroatoms. The van der Waals surface area contributed by atoms with Crippen molar-refractivity contribution in [2.24, 2.45) is 0 Å². The second kappa shape index (κ2) is 9.63. The molecular weight excluding hydrogens is 457 g/mol. The van der Waals surface area contributed by atoms with Crippen molar-refractivity contribution in [1.82, 2.24) is 4.72 Å². The summed E-state index contributed by atoms with van der Waals surface area (Å²) in [4.78, 5) is 12.6. The average molecular weight is 478 g/mol. The molecule has 3 rings (SSSR count). The minimum atomic E-state index is -4.56. The minimum Gasteiger partial charge on any atom is -0.497 e. The molecule has 0 fully saturated rings. The zero-order chi connectivity index (χ0) is 24.2. The lowest BCUT2D eigenvalue weighted by Gasteiger charge is -2.13. The van der Waals surface area contributed by atoms with Gasteiger partial charge in [0.15, 0.2) is 0 Å². The molecule has 0 heterocycles. The van der Waals surface area contributed by atoms with Gasteiger partial charge < -0.3 is 10.1 Å². The van der Waals surface area contributed by atoms with Crippen molar-refractivity contribution in [1.29, 1.82) is 0 Å². The van der Waals surface area contributed by atoms with Crippen molar-refractivity contribution in [2.45, 2.75) is 24.5 Å². The van der Waals surface area contributed by atoms with Crippen molar-refractivity contribution >= 4 is 21.6 Å². The molecule has 0 bridgehead atoms. The molecule has 0 radical (unpaired) electrons. The smallest absolute Gasteiger partial charge is 0.416 e. The van der Waals surface area contributed by atoms with E-state index in [2.05, 4.69) is 10.0 Å². The predicted octanol–water partition coefficient (Wildman–Crippen LogP) is 4.75. The molecule has 3 aromatic rings. The van der Waals surface area contributed by atoms with Gasteiger partial charge in [0, 0.05) is 17.8 Å². The van der Waals surface area contributed by atoms with E-state index in [1.807, 2.05) is 0 Å². The second-order valence-corrected chi connectivity index (χ2v) is 8.95. The summed E-state index contributed by atoms with van der Waals surface area (Å²) in [5.74, 6) is -0.0874. The number of rotatable bonds is 7. The van der Waals surface area contributed by atoms with Gasteiger partial charge in [0.25, 0.3) is 5.91 Å². The highest BCUT2D eigenvalue weighted by molar-refractivity contribution is 7.89. The van der Waals surface area contributed by atoms with Gasteiger partial charge in [-0.3, -0.25) is 4.79 Å². The molecule has 2 N–H and O–H groups in total. The molecule has 33 heavy (non-hydrogen) atoms. The van der Waals surface area contributed by atoms with E-state index < -0.39 is 27.7 Å². The lowest BCUT2D eigenvalue weighted by Crippen LogP contribution is -2.24. The Morgan fingerprint density at radius 2 is 1.70 bits per heavy atom. The van der Waals surface area contributed by atoms with Crippen molar-refractivity contribution in [3.05, 3.63) is 89.0 Å². The predicted molar refractivity (Wildman–Crippen MR) is 118 cm³/mol. The van der Waals surface area contributed by atoms with E-state index >= 15 is 0 Å². The monoisotopic (exact) mass is 478 g/mol. The number of carbonyl (C=O) groups excluding carboxylic acids is 1. The molecule has 0 aromatic heterocycles. The molecule has 174 valence electrons. The number of nitrogens with one attached hydrogen (secondary N) is 2. The van der Waals surface area contributed by atoms with Gasteiger partial charge in [-0.2, -0.15) is 13.2 Å². The molecule has 0 aliphatic heterocycles. The van der Waals surface area contributed by atoms with Gasteiger partial charge in [-0.05, 0) is 60.5 Å². The Hall–Kier alpha value is -3.37. The molecule has 0 aliphatic carbocycles. The summed E-state index contributed by atoms with van der Waals surface area (Å²) in [5.41, 5.74) is 0.235. The third kappa shape index (κ3) is 6.11. The van der Waals surface area contributed by atoms with Crippen LogP contribution >= 0.6 is 0 Å². The van der Waals surface area contributed by atoms with Crippen LogP contribution in [0.3, 0.4) is 0 Å². The van der Waals surface area contributed by atoms with Crippen molar-refractivity contribution in [3.63, 3.8) is 0 Å². The number of hydrogen-bond donors (Lipinski definition) is 2. The molecule has 0 spiro atoms. The fourth-order valence-electron chi connectivity index (χ4n) is 2.99. The average Bonchev–Trinajstić information content (AvgIpc) is 2.78. The highest BCUT2D eigenvalue weighted by Crippen LogP contribution is 2.31. The first kappa shape index (κ1) is 24.3. The maximum atomic E-state index is 12.9. The SMILES string of the molecule is COc1ccc(CNS(=O)(=O)c2ccc(C)c(C(=O)Nc3cccc(C(F)(F)F)c3)c2)cc1. The Kier molecular flexibility index (Phi) is 7.09. The van der Waals surface area contributed by atoms with E-state index in [1.165, 1.54) is 37.4 Å². The molecule has 6 nitrogen and oxygen atoms in total. The summed E-state index contributed by atoms with van der Waals surface area (Å²) in [6, 6.07) is 15.0. The van der Waals surface area contributed by atoms with E-state index in [0.29, 0.717) is 16.9 Å². The normalized spacial score (nSPS) is 11.8. The number of amides is 1. The fourth-order valence-corrected chi connectivity index (χ4v) is 4.03. The Labute approximate surface area is 189 Å². The lowest BCUT2D eigenvalue weighted by molar-refractivity contribution is -0.137. The highest BCUT2D eigenvalue weighted by Gasteiger charge is 2.30. The zero-order valence-electron chi connectivity index (χ0n) is 17.7. The molecule has 0 saturated carbocycles. The third-order valence-corrected chi connectivity index (χ3v) is 6.24. The Balaban J connectivity index is 1.78. The number of aryl methyl sites for hydroxylation is 1. The van der Waals surface area contributed by atoms with Gasteiger partial charge in [-0.15, -0.1) is 0 Å². The van der Waals surface area contributed by atoms with Gasteiger partial charge in [0.1, 0.15) is 5.75 Å². The van der Waals surface area contributed by atoms with Crippen LogP contribution in [0.1, 0.15) is 27.0 Å². The largest absolute Gasteiger partial charge is 0.497 e. The van der Waals surface area contributed by atoms with Gasteiger partial charge in [0.2, 0.25) is 10.0 Å². The Morgan fingerprint density at radius 1 is 1.00 bits per heavy atom. The fraction of sp³-hybridized carbons (Fsp3) is 0.174. The van der Waals surface area contributed by atoms with Crippen LogP contribution < -0.4 is 14.8 Å². The van der Waals surface area contributed by atoms with E-state index in [4.69, 9.17) is 4.74 Å². The summed E-state index contributed by atoms with van der Waals surface area (Å²) < 4.78 is 71.7. The number of methoxy groups -OCH3 is 1. The van der Waals surface area contributed by atoms with Crippen molar-refractivity contribution in [2.75, 3.05) is 12.4 Å². The summed E-state index contributed by atoms with van der Waals surface area (Å²) in [7, 11) is -2.43. The van der Waals surface area contributed by atoms with Gasteiger partial charge in [-0.25, -0.2) is 13.1 Å². The topological polar surface area (TPSA) is 84.5 Å². The number of alkyl halides is 3. The number of halogens is 3. The van der Waals surface area contributed by atoms with E-state index in [-0.39, 0.29) is 22.7 Å². The van der Waals surface area contributed by atoms with Crippen molar-refractivity contribution in [3.8, 4) is 5.75 Å². The van der Waals surface area contributed by atoms with E-state index in [1.54, 1.807) is 31.2 Å². The maximum absolute atomic E-state index is 12.9. The van der Waals surface area contributed by atoms with E-state index in [0.717, 1.165) is 12.1 Å². The number of anilines is 1. The molecule has 0 unspecified atom stereocenters. The first-order chi connectivity index (χ1) is 15.5. The van der Waals surface area contributed by atoms with Gasteiger partial charge in [-0.1, -0.05) is 24.3 Å². The second-order valence-electron chi connectivity index (χ2n) is 7.18. The first-order valence-corrected chi connectivity index (χ1v) is 11.2. The highest BCUT2D eigenvalue weighted by atomic mass is 32.2. The van der Waals surface area contributed by atoms with Gasteiger partial charge in [0.05, 0.1) is 17.6 Å². The first-order valence-electron chi connectivity index (χ1n) is 9.71. The molecule has 3 aromatic carbocycles. The standard InChI is InChI=1S/C23H21F3N2O4S/c1-15-6-11-20(33(30,31)27-14-16-7-9-19(32-2)10-8-16)13-21(15)22(29)28-18-5-3-4-17(12-18)23(24,25)26/h3-13,27H,14H2,1-2H3,(H,28,29). The quantitative estimate of drug-likeness (QED) is 0.513. The lowest BCUT2D eigenvalue weighted by atomic mass is 10.1. The number of ether oxygens (including phenoxy) is 1. The number of carbonyl (C=O) groups is 1. The summed E-state index contributed by atoms with van der Waals surface area (Å²) in [6.45, 7) is 1.62. The molecule has 1 amide bonds. The van der Waals surface area contributed by atoms with Crippen LogP contribution in [0.4, 0.5) is 18.9 Å². The Morgan fingerprint density at radius 3 is 2.33 bits per heavy atom. The van der Waals surface area contributed by atoms with Crippen LogP contribution in [0.5, 0.6) is 5.75 Å². The summed E-state index contributed by atoms with van der Waals surface area (Å²) in [5, 5.41) is 2.39. The van der Waals surface area contributed by atoms with Crippen LogP contribution in [0.25, 0.3) is 0 Å². The molecule has 0 saturated heterocycles. The van der Waals surface area contributed by atoms with Crippen LogP contribution in [0, 0.1) is 6.92 Å². The molecule has 0 atom stereocenters. The maximum Gasteiger partial charge on any atom is 0.416 e. The van der Waals surface area contributed by atoms with Crippen LogP contribution in [0.15, 0.2) is 71.6 Å². The number of benzene rings is 3. The number of hydrogen-bond acceptors (Lipinski definition) is 4. The van der Waals surface area contributed by atoms with Crippen molar-refractivity contribution < 1.29 is 31.1 Å². The van der Waals surface area contributed by atoms with E-state index in [9.17, 15) is 26.4 Å².